The highest BCUT2D eigenvalue weighted by Crippen LogP contribution is 2.45. The van der Waals surface area contributed by atoms with E-state index in [4.69, 9.17) is 4.99 Å². The van der Waals surface area contributed by atoms with Crippen LogP contribution in [-0.2, 0) is 0 Å². The number of rotatable bonds is 1. The van der Waals surface area contributed by atoms with Crippen LogP contribution in [-0.4, -0.2) is 11.6 Å². The predicted octanol–water partition coefficient (Wildman–Crippen LogP) is 5.68. The molecule has 2 heterocycles. The number of benzene rings is 3. The van der Waals surface area contributed by atoms with Crippen LogP contribution in [0.4, 0.5) is 11.4 Å². The van der Waals surface area contributed by atoms with Gasteiger partial charge in [0, 0.05) is 16.5 Å². The Labute approximate surface area is 160 Å². The van der Waals surface area contributed by atoms with Gasteiger partial charge in [0.25, 0.3) is 5.91 Å². The summed E-state index contributed by atoms with van der Waals surface area (Å²) >= 11 is 3.49. The molecule has 0 saturated carbocycles. The van der Waals surface area contributed by atoms with E-state index in [1.165, 1.54) is 0 Å². The molecule has 0 aliphatic carbocycles. The third kappa shape index (κ3) is 2.33. The molecule has 3 aromatic carbocycles. The predicted molar refractivity (Wildman–Crippen MR) is 107 cm³/mol. The molecule has 0 bridgehead atoms. The second-order valence-electron chi connectivity index (χ2n) is 6.54. The van der Waals surface area contributed by atoms with Gasteiger partial charge >= 0.3 is 0 Å². The van der Waals surface area contributed by atoms with Gasteiger partial charge in [-0.05, 0) is 41.5 Å². The van der Waals surface area contributed by atoms with Gasteiger partial charge in [-0.2, -0.15) is 0 Å². The number of fused-ring (bicyclic) bond motifs is 5. The van der Waals surface area contributed by atoms with Gasteiger partial charge in [0.15, 0.2) is 0 Å². The second kappa shape index (κ2) is 5.92. The first-order chi connectivity index (χ1) is 12.7. The summed E-state index contributed by atoms with van der Waals surface area (Å²) in [5, 5.41) is 0. The highest BCUT2D eigenvalue weighted by atomic mass is 79.9. The average molecular weight is 403 g/mol. The van der Waals surface area contributed by atoms with E-state index in [9.17, 15) is 4.79 Å². The molecule has 0 saturated heterocycles. The molecular formula is C22H15BrN2O. The van der Waals surface area contributed by atoms with Crippen LogP contribution in [0.5, 0.6) is 0 Å². The smallest absolute Gasteiger partial charge is 0.259 e. The summed E-state index contributed by atoms with van der Waals surface area (Å²) in [7, 11) is 0. The Morgan fingerprint density at radius 2 is 1.65 bits per heavy atom. The minimum Gasteiger partial charge on any atom is -0.298 e. The number of para-hydroxylation sites is 2. The van der Waals surface area contributed by atoms with Crippen LogP contribution in [0, 0.1) is 0 Å². The van der Waals surface area contributed by atoms with Crippen molar-refractivity contribution in [2.24, 2.45) is 4.99 Å². The average Bonchev–Trinajstić information content (AvgIpc) is 2.84. The van der Waals surface area contributed by atoms with Crippen LogP contribution in [0.2, 0.25) is 0 Å². The van der Waals surface area contributed by atoms with Gasteiger partial charge in [0.2, 0.25) is 0 Å². The maximum Gasteiger partial charge on any atom is 0.259 e. The maximum atomic E-state index is 13.1. The van der Waals surface area contributed by atoms with Crippen molar-refractivity contribution in [1.29, 1.82) is 0 Å². The van der Waals surface area contributed by atoms with Gasteiger partial charge < -0.3 is 0 Å². The lowest BCUT2D eigenvalue weighted by atomic mass is 9.97. The Hall–Kier alpha value is -2.72. The van der Waals surface area contributed by atoms with Crippen molar-refractivity contribution in [2.45, 2.75) is 12.5 Å². The number of anilines is 1. The highest BCUT2D eigenvalue weighted by Gasteiger charge is 2.40. The first-order valence-corrected chi connectivity index (χ1v) is 9.37. The highest BCUT2D eigenvalue weighted by molar-refractivity contribution is 9.10. The van der Waals surface area contributed by atoms with Crippen molar-refractivity contribution in [3.63, 3.8) is 0 Å². The van der Waals surface area contributed by atoms with Gasteiger partial charge in [-0.1, -0.05) is 58.4 Å². The molecule has 0 radical (unpaired) electrons. The van der Waals surface area contributed by atoms with Crippen LogP contribution < -0.4 is 4.90 Å². The van der Waals surface area contributed by atoms with E-state index >= 15 is 0 Å². The molecule has 0 aromatic heterocycles. The molecule has 126 valence electrons. The number of aliphatic imine (C=N–C) groups is 1. The Morgan fingerprint density at radius 3 is 2.50 bits per heavy atom. The summed E-state index contributed by atoms with van der Waals surface area (Å²) in [5.41, 5.74) is 5.69. The fraction of sp³-hybridized carbons (Fsp3) is 0.0909. The van der Waals surface area contributed by atoms with E-state index in [1.807, 2.05) is 59.5 Å². The molecule has 5 rings (SSSR count). The number of nitrogens with zero attached hydrogens (tertiary/aromatic N) is 2. The Kier molecular flexibility index (Phi) is 3.54. The summed E-state index contributed by atoms with van der Waals surface area (Å²) in [6, 6.07) is 24.0. The van der Waals surface area contributed by atoms with Crippen LogP contribution in [0.3, 0.4) is 0 Å². The number of carbonyl (C=O) groups is 1. The number of hydrogen-bond acceptors (Lipinski definition) is 2. The molecule has 0 N–H and O–H groups in total. The molecule has 3 nitrogen and oxygen atoms in total. The van der Waals surface area contributed by atoms with Crippen molar-refractivity contribution in [1.82, 2.24) is 0 Å². The van der Waals surface area contributed by atoms with Crippen molar-refractivity contribution in [2.75, 3.05) is 4.90 Å². The number of carbonyl (C=O) groups excluding carboxylic acids is 1. The lowest BCUT2D eigenvalue weighted by Gasteiger charge is -2.24. The summed E-state index contributed by atoms with van der Waals surface area (Å²) in [5.74, 6) is 0.0605. The van der Waals surface area contributed by atoms with Gasteiger partial charge in [0.05, 0.1) is 23.1 Å². The zero-order valence-electron chi connectivity index (χ0n) is 13.9. The monoisotopic (exact) mass is 402 g/mol. The molecule has 0 fully saturated rings. The van der Waals surface area contributed by atoms with Gasteiger partial charge in [-0.15, -0.1) is 0 Å². The minimum atomic E-state index is -0.0234. The zero-order valence-corrected chi connectivity index (χ0v) is 15.5. The molecule has 1 unspecified atom stereocenters. The van der Waals surface area contributed by atoms with Gasteiger partial charge in [0.1, 0.15) is 0 Å². The molecular weight excluding hydrogens is 388 g/mol. The van der Waals surface area contributed by atoms with Gasteiger partial charge in [-0.25, -0.2) is 0 Å². The van der Waals surface area contributed by atoms with Crippen molar-refractivity contribution in [3.8, 4) is 0 Å². The Balaban J connectivity index is 1.71. The van der Waals surface area contributed by atoms with Crippen LogP contribution in [0.1, 0.15) is 33.9 Å². The summed E-state index contributed by atoms with van der Waals surface area (Å²) in [6.45, 7) is 0. The molecule has 4 heteroatoms. The Bertz CT molecular complexity index is 1060. The van der Waals surface area contributed by atoms with E-state index in [0.717, 1.165) is 38.2 Å². The van der Waals surface area contributed by atoms with Crippen molar-refractivity contribution < 1.29 is 4.79 Å². The number of hydrogen-bond donors (Lipinski definition) is 0. The minimum absolute atomic E-state index is 0.0234. The normalized spacial score (nSPS) is 17.9. The van der Waals surface area contributed by atoms with Crippen molar-refractivity contribution in [3.05, 3.63) is 94.0 Å². The summed E-state index contributed by atoms with van der Waals surface area (Å²) in [4.78, 5) is 20.0. The zero-order chi connectivity index (χ0) is 17.7. The quantitative estimate of drug-likeness (QED) is 0.515. The van der Waals surface area contributed by atoms with E-state index < -0.39 is 0 Å². The SMILES string of the molecule is O=C1c2ccccc2C2CC(c3ccc(Br)cc3)=Nc3ccccc3N12. The summed E-state index contributed by atoms with van der Waals surface area (Å²) < 4.78 is 1.04. The topological polar surface area (TPSA) is 32.7 Å². The van der Waals surface area contributed by atoms with E-state index in [0.29, 0.717) is 6.42 Å². The lowest BCUT2D eigenvalue weighted by molar-refractivity contribution is 0.0992. The molecule has 2 aliphatic rings. The lowest BCUT2D eigenvalue weighted by Crippen LogP contribution is -2.28. The number of amides is 1. The van der Waals surface area contributed by atoms with E-state index in [1.54, 1.807) is 0 Å². The molecule has 1 amide bonds. The van der Waals surface area contributed by atoms with Crippen molar-refractivity contribution >= 4 is 38.9 Å². The maximum absolute atomic E-state index is 13.1. The molecule has 1 atom stereocenters. The van der Waals surface area contributed by atoms with Crippen LogP contribution in [0.15, 0.2) is 82.3 Å². The van der Waals surface area contributed by atoms with Gasteiger partial charge in [-0.3, -0.25) is 14.7 Å². The second-order valence-corrected chi connectivity index (χ2v) is 7.45. The largest absolute Gasteiger partial charge is 0.298 e. The third-order valence-electron chi connectivity index (χ3n) is 5.04. The molecule has 0 spiro atoms. The molecule has 3 aromatic rings. The van der Waals surface area contributed by atoms with E-state index in [2.05, 4.69) is 34.1 Å². The van der Waals surface area contributed by atoms with Crippen LogP contribution in [0.25, 0.3) is 0 Å². The first kappa shape index (κ1) is 15.5. The standard InChI is InChI=1S/C22H15BrN2O/c23-15-11-9-14(10-12-15)19-13-21-16-5-1-2-6-17(16)22(26)25(21)20-8-4-3-7-18(20)24-19/h1-12,21H,13H2. The molecule has 26 heavy (non-hydrogen) atoms. The Morgan fingerprint density at radius 1 is 0.923 bits per heavy atom. The van der Waals surface area contributed by atoms with Crippen LogP contribution >= 0.6 is 15.9 Å². The summed E-state index contributed by atoms with van der Waals surface area (Å²) in [6.07, 6.45) is 0.694. The third-order valence-corrected chi connectivity index (χ3v) is 5.57. The van der Waals surface area contributed by atoms with E-state index in [-0.39, 0.29) is 11.9 Å². The number of halogens is 1. The fourth-order valence-electron chi connectivity index (χ4n) is 3.83. The first-order valence-electron chi connectivity index (χ1n) is 8.57. The molecule has 2 aliphatic heterocycles. The fourth-order valence-corrected chi connectivity index (χ4v) is 4.10.